The molecular formula is C23H24N6O3S2. The van der Waals surface area contributed by atoms with Gasteiger partial charge in [-0.25, -0.2) is 23.4 Å². The second-order valence-corrected chi connectivity index (χ2v) is 12.6. The quantitative estimate of drug-likeness (QED) is 0.454. The average Bonchev–Trinajstić information content (AvgIpc) is 3.42. The Bertz CT molecular complexity index is 1560. The maximum Gasteiger partial charge on any atom is 0.163 e. The molecule has 9 nitrogen and oxygen atoms in total. The lowest BCUT2D eigenvalue weighted by atomic mass is 10.0. The van der Waals surface area contributed by atoms with Crippen molar-refractivity contribution < 1.29 is 13.2 Å². The predicted octanol–water partition coefficient (Wildman–Crippen LogP) is 3.61. The van der Waals surface area contributed by atoms with Gasteiger partial charge in [-0.15, -0.1) is 11.3 Å². The third-order valence-electron chi connectivity index (χ3n) is 6.49. The van der Waals surface area contributed by atoms with E-state index in [1.807, 2.05) is 12.1 Å². The Kier molecular flexibility index (Phi) is 5.35. The van der Waals surface area contributed by atoms with Crippen molar-refractivity contribution in [1.82, 2.24) is 19.9 Å². The van der Waals surface area contributed by atoms with Gasteiger partial charge >= 0.3 is 0 Å². The van der Waals surface area contributed by atoms with E-state index in [0.29, 0.717) is 57.7 Å². The van der Waals surface area contributed by atoms with Crippen LogP contribution in [0.15, 0.2) is 24.5 Å². The topological polar surface area (TPSA) is 125 Å². The molecule has 0 aliphatic carbocycles. The number of morpholine rings is 1. The molecule has 11 heteroatoms. The lowest BCUT2D eigenvalue weighted by molar-refractivity contribution is 0.0987. The Morgan fingerprint density at radius 2 is 2.12 bits per heavy atom. The van der Waals surface area contributed by atoms with E-state index >= 15 is 0 Å². The number of fused-ring (bicyclic) bond motifs is 2. The Morgan fingerprint density at radius 1 is 1.32 bits per heavy atom. The molecule has 1 N–H and O–H groups in total. The van der Waals surface area contributed by atoms with Gasteiger partial charge in [0.05, 0.1) is 34.2 Å². The molecule has 1 saturated heterocycles. The van der Waals surface area contributed by atoms with Crippen LogP contribution in [0.5, 0.6) is 0 Å². The summed E-state index contributed by atoms with van der Waals surface area (Å²) in [6, 6.07) is 6.04. The molecule has 1 atom stereocenters. The van der Waals surface area contributed by atoms with Crippen molar-refractivity contribution in [2.75, 3.05) is 30.9 Å². The second kappa shape index (κ2) is 8.01. The number of H-pyrrole nitrogens is 1. The van der Waals surface area contributed by atoms with Crippen molar-refractivity contribution in [3.63, 3.8) is 0 Å². The highest BCUT2D eigenvalue weighted by Crippen LogP contribution is 2.45. The standard InChI is InChI=1S/C23H24N6O3S2/c1-13-12-32-10-9-29(13)22-19-18(17(16(11-24)33-19)23(2,3)34(4,30)31)27-21(28-22)15-6-8-26-20-14(15)5-7-25-20/h5-8,13H,9-10,12H2,1-4H3,(H,25,26)/t13-/m1/s1. The number of anilines is 1. The zero-order chi connectivity index (χ0) is 24.3. The van der Waals surface area contributed by atoms with Gasteiger partial charge in [0.2, 0.25) is 0 Å². The molecule has 4 aromatic rings. The number of pyridine rings is 1. The van der Waals surface area contributed by atoms with E-state index in [2.05, 4.69) is 27.9 Å². The van der Waals surface area contributed by atoms with Gasteiger partial charge in [-0.05, 0) is 32.9 Å². The molecule has 1 fully saturated rings. The first kappa shape index (κ1) is 22.7. The van der Waals surface area contributed by atoms with E-state index in [0.717, 1.165) is 10.9 Å². The molecule has 4 aromatic heterocycles. The van der Waals surface area contributed by atoms with Gasteiger partial charge in [0, 0.05) is 41.7 Å². The van der Waals surface area contributed by atoms with Crippen LogP contribution < -0.4 is 4.90 Å². The summed E-state index contributed by atoms with van der Waals surface area (Å²) in [7, 11) is -3.55. The van der Waals surface area contributed by atoms with Crippen molar-refractivity contribution in [2.24, 2.45) is 0 Å². The highest BCUT2D eigenvalue weighted by molar-refractivity contribution is 7.91. The van der Waals surface area contributed by atoms with Gasteiger partial charge in [-0.2, -0.15) is 5.26 Å². The van der Waals surface area contributed by atoms with Gasteiger partial charge in [0.25, 0.3) is 0 Å². The third-order valence-corrected chi connectivity index (χ3v) is 9.62. The van der Waals surface area contributed by atoms with Crippen LogP contribution in [-0.2, 0) is 19.3 Å². The predicted molar refractivity (Wildman–Crippen MR) is 133 cm³/mol. The summed E-state index contributed by atoms with van der Waals surface area (Å²) in [5, 5.41) is 10.8. The lowest BCUT2D eigenvalue weighted by Gasteiger charge is -2.34. The average molecular weight is 497 g/mol. The summed E-state index contributed by atoms with van der Waals surface area (Å²) in [6.45, 7) is 7.05. The number of aromatic amines is 1. The number of sulfone groups is 1. The largest absolute Gasteiger partial charge is 0.377 e. The van der Waals surface area contributed by atoms with Crippen molar-refractivity contribution in [3.8, 4) is 17.5 Å². The SMILES string of the molecule is C[C@@H]1COCCN1c1nc(-c2ccnc3[nH]ccc23)nc2c(C(C)(C)S(C)(=O)=O)c(C#N)sc12. The molecule has 0 aromatic carbocycles. The van der Waals surface area contributed by atoms with Gasteiger partial charge in [-0.3, -0.25) is 0 Å². The van der Waals surface area contributed by atoms with Gasteiger partial charge in [0.1, 0.15) is 16.6 Å². The Balaban J connectivity index is 1.89. The number of rotatable bonds is 4. The molecule has 0 saturated carbocycles. The molecule has 1 aliphatic rings. The van der Waals surface area contributed by atoms with Crippen LogP contribution in [0.1, 0.15) is 31.2 Å². The Labute approximate surface area is 201 Å². The van der Waals surface area contributed by atoms with Gasteiger partial charge in [0.15, 0.2) is 21.5 Å². The van der Waals surface area contributed by atoms with Crippen LogP contribution in [-0.4, -0.2) is 60.4 Å². The number of nitriles is 1. The van der Waals surface area contributed by atoms with E-state index in [1.54, 1.807) is 26.2 Å². The van der Waals surface area contributed by atoms with E-state index < -0.39 is 14.6 Å². The Hall–Kier alpha value is -3.07. The number of hydrogen-bond acceptors (Lipinski definition) is 9. The van der Waals surface area contributed by atoms with Crippen molar-refractivity contribution >= 4 is 48.2 Å². The van der Waals surface area contributed by atoms with Crippen LogP contribution in [0.25, 0.3) is 32.6 Å². The summed E-state index contributed by atoms with van der Waals surface area (Å²) < 4.78 is 30.7. The molecule has 0 unspecified atom stereocenters. The van der Waals surface area contributed by atoms with Gasteiger partial charge in [-0.1, -0.05) is 0 Å². The lowest BCUT2D eigenvalue weighted by Crippen LogP contribution is -2.44. The Morgan fingerprint density at radius 3 is 2.82 bits per heavy atom. The molecule has 0 spiro atoms. The van der Waals surface area contributed by atoms with E-state index in [-0.39, 0.29) is 6.04 Å². The van der Waals surface area contributed by atoms with Crippen LogP contribution in [0.2, 0.25) is 0 Å². The first-order valence-corrected chi connectivity index (χ1v) is 13.6. The van der Waals surface area contributed by atoms with E-state index in [9.17, 15) is 13.7 Å². The van der Waals surface area contributed by atoms with E-state index in [1.165, 1.54) is 17.6 Å². The van der Waals surface area contributed by atoms with Crippen LogP contribution in [0.4, 0.5) is 5.82 Å². The first-order chi connectivity index (χ1) is 16.1. The molecule has 0 amide bonds. The second-order valence-electron chi connectivity index (χ2n) is 8.96. The summed E-state index contributed by atoms with van der Waals surface area (Å²) in [6.07, 6.45) is 4.69. The molecule has 5 heterocycles. The monoisotopic (exact) mass is 496 g/mol. The number of thiophene rings is 1. The van der Waals surface area contributed by atoms with Gasteiger partial charge < -0.3 is 14.6 Å². The number of ether oxygens (including phenoxy) is 1. The molecule has 1 aliphatic heterocycles. The fraction of sp³-hybridized carbons (Fsp3) is 0.391. The smallest absolute Gasteiger partial charge is 0.163 e. The highest BCUT2D eigenvalue weighted by Gasteiger charge is 2.39. The van der Waals surface area contributed by atoms with Crippen molar-refractivity contribution in [1.29, 1.82) is 5.26 Å². The van der Waals surface area contributed by atoms with Crippen LogP contribution >= 0.6 is 11.3 Å². The zero-order valence-corrected chi connectivity index (χ0v) is 20.9. The van der Waals surface area contributed by atoms with Crippen molar-refractivity contribution in [3.05, 3.63) is 35.0 Å². The number of aromatic nitrogens is 4. The summed E-state index contributed by atoms with van der Waals surface area (Å²) in [5.74, 6) is 1.15. The molecule has 0 radical (unpaired) electrons. The third kappa shape index (κ3) is 3.45. The summed E-state index contributed by atoms with van der Waals surface area (Å²) in [5.41, 5.74) is 2.41. The number of nitrogens with zero attached hydrogens (tertiary/aromatic N) is 5. The van der Waals surface area contributed by atoms with Crippen molar-refractivity contribution in [2.45, 2.75) is 31.6 Å². The summed E-state index contributed by atoms with van der Waals surface area (Å²) in [4.78, 5) is 19.8. The molecular weight excluding hydrogens is 472 g/mol. The number of nitrogens with one attached hydrogen (secondary N) is 1. The zero-order valence-electron chi connectivity index (χ0n) is 19.3. The minimum Gasteiger partial charge on any atom is -0.377 e. The molecule has 5 rings (SSSR count). The van der Waals surface area contributed by atoms with Crippen LogP contribution in [0.3, 0.4) is 0 Å². The maximum absolute atomic E-state index is 12.8. The minimum atomic E-state index is -3.55. The fourth-order valence-corrected chi connectivity index (χ4v) is 6.13. The minimum absolute atomic E-state index is 0.0587. The highest BCUT2D eigenvalue weighted by atomic mass is 32.2. The summed E-state index contributed by atoms with van der Waals surface area (Å²) >= 11 is 1.25. The van der Waals surface area contributed by atoms with E-state index in [4.69, 9.17) is 14.7 Å². The molecule has 176 valence electrons. The number of hydrogen-bond donors (Lipinski definition) is 1. The molecule has 34 heavy (non-hydrogen) atoms. The van der Waals surface area contributed by atoms with Crippen LogP contribution in [0, 0.1) is 11.3 Å². The maximum atomic E-state index is 12.8. The normalized spacial score (nSPS) is 17.4. The first-order valence-electron chi connectivity index (χ1n) is 10.8. The fourth-order valence-electron chi connectivity index (χ4n) is 4.30. The molecule has 0 bridgehead atoms.